The highest BCUT2D eigenvalue weighted by molar-refractivity contribution is 7.53. The molecule has 0 saturated carbocycles. The summed E-state index contributed by atoms with van der Waals surface area (Å²) in [5.41, 5.74) is 6.07. The maximum Gasteiger partial charge on any atom is 0.331 e. The van der Waals surface area contributed by atoms with Gasteiger partial charge in [0.1, 0.15) is 12.1 Å². The summed E-state index contributed by atoms with van der Waals surface area (Å²) in [6, 6.07) is 0. The van der Waals surface area contributed by atoms with Crippen LogP contribution in [0.1, 0.15) is 40.3 Å². The van der Waals surface area contributed by atoms with Gasteiger partial charge in [0.15, 0.2) is 17.7 Å². The Morgan fingerprint density at radius 2 is 2.18 bits per heavy atom. The van der Waals surface area contributed by atoms with Crippen molar-refractivity contribution in [2.24, 2.45) is 11.8 Å². The van der Waals surface area contributed by atoms with E-state index in [-0.39, 0.29) is 48.3 Å². The third kappa shape index (κ3) is 4.68. The van der Waals surface area contributed by atoms with Gasteiger partial charge in [0, 0.05) is 12.1 Å². The number of esters is 1. The lowest BCUT2D eigenvalue weighted by Gasteiger charge is -2.35. The maximum absolute atomic E-state index is 14.6. The summed E-state index contributed by atoms with van der Waals surface area (Å²) < 4.78 is 51.9. The molecule has 0 aromatic carbocycles. The lowest BCUT2D eigenvalue weighted by Crippen LogP contribution is -2.40. The van der Waals surface area contributed by atoms with Crippen LogP contribution in [-0.4, -0.2) is 57.0 Å². The van der Waals surface area contributed by atoms with Crippen molar-refractivity contribution in [3.05, 3.63) is 18.3 Å². The predicted molar refractivity (Wildman–Crippen MR) is 123 cm³/mol. The second-order valence-corrected chi connectivity index (χ2v) is 12.1. The van der Waals surface area contributed by atoms with Gasteiger partial charge in [0.05, 0.1) is 47.8 Å². The van der Waals surface area contributed by atoms with Crippen LogP contribution in [0, 0.1) is 17.7 Å². The van der Waals surface area contributed by atoms with Crippen LogP contribution in [0.5, 0.6) is 0 Å². The molecule has 0 aliphatic carbocycles. The number of rotatable bonds is 7. The summed E-state index contributed by atoms with van der Waals surface area (Å²) in [6.45, 7) is 7.10. The van der Waals surface area contributed by atoms with Gasteiger partial charge < -0.3 is 28.8 Å². The molecule has 34 heavy (non-hydrogen) atoms. The topological polar surface area (TPSA) is 128 Å². The minimum Gasteiger partial charge on any atom is -0.463 e. The lowest BCUT2D eigenvalue weighted by molar-refractivity contribution is -0.152. The molecule has 4 heterocycles. The summed E-state index contributed by atoms with van der Waals surface area (Å²) in [5.74, 6) is -1.72. The number of nitrogen functional groups attached to an aromatic ring is 1. The zero-order valence-corrected chi connectivity index (χ0v) is 21.1. The van der Waals surface area contributed by atoms with Crippen molar-refractivity contribution in [3.8, 4) is 0 Å². The summed E-state index contributed by atoms with van der Waals surface area (Å²) >= 11 is 6.96. The van der Waals surface area contributed by atoms with Crippen molar-refractivity contribution < 1.29 is 32.3 Å². The first-order valence-electron chi connectivity index (χ1n) is 11.1. The van der Waals surface area contributed by atoms with Crippen molar-refractivity contribution in [3.63, 3.8) is 0 Å². The third-order valence-electron chi connectivity index (χ3n) is 6.25. The van der Waals surface area contributed by atoms with E-state index in [1.165, 1.54) is 17.1 Å². The molecule has 1 unspecified atom stereocenters. The minimum atomic E-state index is -3.49. The minimum absolute atomic E-state index is 0.00447. The van der Waals surface area contributed by atoms with Gasteiger partial charge in [0.25, 0.3) is 0 Å². The van der Waals surface area contributed by atoms with Gasteiger partial charge >= 0.3 is 13.6 Å². The lowest BCUT2D eigenvalue weighted by atomic mass is 9.91. The molecule has 10 nitrogen and oxygen atoms in total. The Bertz CT molecular complexity index is 1130. The molecule has 0 radical (unpaired) electrons. The van der Waals surface area contributed by atoms with E-state index in [0.29, 0.717) is 6.42 Å². The fourth-order valence-corrected chi connectivity index (χ4v) is 7.00. The molecule has 188 valence electrons. The zero-order chi connectivity index (χ0) is 24.8. The van der Waals surface area contributed by atoms with Crippen LogP contribution in [0.4, 0.5) is 10.2 Å². The van der Waals surface area contributed by atoms with Gasteiger partial charge in [-0.3, -0.25) is 9.36 Å². The number of hydrogen-bond acceptors (Lipinski definition) is 9. The average molecular weight is 519 g/mol. The summed E-state index contributed by atoms with van der Waals surface area (Å²) in [6.07, 6.45) is 1.33. The number of carbonyl (C=O) groups excluding carboxylic acids is 1. The monoisotopic (exact) mass is 518 g/mol. The molecule has 6 atom stereocenters. The van der Waals surface area contributed by atoms with Crippen molar-refractivity contribution >= 4 is 42.0 Å². The molecule has 2 aliphatic heterocycles. The van der Waals surface area contributed by atoms with Gasteiger partial charge in [0.2, 0.25) is 0 Å². The van der Waals surface area contributed by atoms with E-state index in [9.17, 15) is 13.8 Å². The molecule has 13 heteroatoms. The largest absolute Gasteiger partial charge is 0.463 e. The molecule has 2 aliphatic rings. The molecule has 2 N–H and O–H groups in total. The number of alkyl halides is 1. The Morgan fingerprint density at radius 3 is 2.88 bits per heavy atom. The second-order valence-electron chi connectivity index (χ2n) is 9.22. The maximum atomic E-state index is 14.6. The molecule has 2 aromatic rings. The summed E-state index contributed by atoms with van der Waals surface area (Å²) in [7, 11) is -3.49. The number of nitrogens with zero attached hydrogens (tertiary/aromatic N) is 3. The molecule has 2 fully saturated rings. The van der Waals surface area contributed by atoms with Gasteiger partial charge in [-0.05, 0) is 27.2 Å². The Labute approximate surface area is 201 Å². The smallest absolute Gasteiger partial charge is 0.331 e. The first kappa shape index (κ1) is 25.3. The number of carbonyl (C=O) groups is 1. The van der Waals surface area contributed by atoms with Crippen molar-refractivity contribution in [2.45, 2.75) is 57.4 Å². The Morgan fingerprint density at radius 1 is 1.44 bits per heavy atom. The van der Waals surface area contributed by atoms with E-state index in [2.05, 4.69) is 9.97 Å². The zero-order valence-electron chi connectivity index (χ0n) is 19.4. The Hall–Kier alpha value is -1.78. The van der Waals surface area contributed by atoms with E-state index >= 15 is 0 Å². The Kier molecular flexibility index (Phi) is 6.96. The first-order chi connectivity index (χ1) is 15.9. The second kappa shape index (κ2) is 9.35. The van der Waals surface area contributed by atoms with Gasteiger partial charge in [-0.15, -0.1) is 11.6 Å². The van der Waals surface area contributed by atoms with Gasteiger partial charge in [-0.1, -0.05) is 6.92 Å². The highest BCUT2D eigenvalue weighted by atomic mass is 35.5. The fourth-order valence-electron chi connectivity index (χ4n) is 4.38. The molecule has 0 spiro atoms. The third-order valence-corrected chi connectivity index (χ3v) is 8.68. The van der Waals surface area contributed by atoms with Gasteiger partial charge in [-0.25, -0.2) is 14.4 Å². The first-order valence-corrected chi connectivity index (χ1v) is 13.2. The van der Waals surface area contributed by atoms with Crippen molar-refractivity contribution in [2.75, 3.05) is 25.1 Å². The van der Waals surface area contributed by atoms with Crippen LogP contribution in [-0.2, 0) is 27.9 Å². The molecule has 0 amide bonds. The average Bonchev–Trinajstić information content (AvgIpc) is 3.21. The number of hydrogen-bond donors (Lipinski definition) is 1. The van der Waals surface area contributed by atoms with Crippen LogP contribution in [0.3, 0.4) is 0 Å². The van der Waals surface area contributed by atoms with Crippen LogP contribution >= 0.6 is 19.2 Å². The van der Waals surface area contributed by atoms with E-state index in [1.807, 2.05) is 0 Å². The van der Waals surface area contributed by atoms with Crippen molar-refractivity contribution in [1.29, 1.82) is 0 Å². The molecular weight excluding hydrogens is 490 g/mol. The van der Waals surface area contributed by atoms with Crippen LogP contribution in [0.25, 0.3) is 11.0 Å². The highest BCUT2D eigenvalue weighted by Crippen LogP contribution is 2.61. The van der Waals surface area contributed by atoms with E-state index in [4.69, 9.17) is 35.9 Å². The van der Waals surface area contributed by atoms with E-state index in [1.54, 1.807) is 27.7 Å². The molecule has 4 rings (SSSR count). The summed E-state index contributed by atoms with van der Waals surface area (Å²) in [5, 5.41) is 0.0869. The standard InChI is InChI=1S/C21H29ClFN4O6P/c1-11(2)32-19(28)12(3)5-6-30-34(29)9-13-15(8-31-34)33-20(21(13,4)22)27-7-14(23)16-17(24)25-10-26-18(16)27/h7,10-13,15,20H,5-6,8-9H2,1-4H3,(H2,24,25,26)/t12-,13+,15+,20+,21+,34?/m0/s1. The van der Waals surface area contributed by atoms with Crippen LogP contribution in [0.15, 0.2) is 12.5 Å². The molecule has 2 aromatic heterocycles. The van der Waals surface area contributed by atoms with Crippen LogP contribution in [0.2, 0.25) is 0 Å². The SMILES string of the molecule is CC(C)OC(=O)[C@@H](C)CCOP1(=O)C[C@@H]2[C@@H](CO1)O[C@@H](n1cc(F)c3c(N)ncnc31)[C@]2(C)Cl. The predicted octanol–water partition coefficient (Wildman–Crippen LogP) is 3.88. The highest BCUT2D eigenvalue weighted by Gasteiger charge is 2.58. The number of ether oxygens (including phenoxy) is 2. The van der Waals surface area contributed by atoms with Gasteiger partial charge in [-0.2, -0.15) is 0 Å². The number of nitrogens with two attached hydrogens (primary N) is 1. The quantitative estimate of drug-likeness (QED) is 0.330. The normalized spacial score (nSPS) is 32.1. The van der Waals surface area contributed by atoms with Crippen LogP contribution < -0.4 is 5.73 Å². The fraction of sp³-hybridized carbons (Fsp3) is 0.667. The van der Waals surface area contributed by atoms with E-state index in [0.717, 1.165) is 0 Å². The molecular formula is C21H29ClFN4O6P. The number of halogens is 2. The Balaban J connectivity index is 1.46. The summed E-state index contributed by atoms with van der Waals surface area (Å²) in [4.78, 5) is 18.9. The van der Waals surface area contributed by atoms with Crippen molar-refractivity contribution in [1.82, 2.24) is 14.5 Å². The molecule has 0 bridgehead atoms. The number of fused-ring (bicyclic) bond motifs is 2. The number of aromatic nitrogens is 3. The molecule has 2 saturated heterocycles. The number of anilines is 1. The van der Waals surface area contributed by atoms with E-state index < -0.39 is 42.5 Å².